The number of likely N-dealkylation sites (tertiary alicyclic amines) is 1. The molecule has 0 radical (unpaired) electrons. The minimum Gasteiger partial charge on any atom is -0.496 e. The van der Waals surface area contributed by atoms with Crippen LogP contribution in [0.4, 0.5) is 5.69 Å². The van der Waals surface area contributed by atoms with Crippen molar-refractivity contribution in [2.75, 3.05) is 32.6 Å². The molecule has 3 N–H and O–H groups in total. The normalized spacial score (nSPS) is 16.5. The number of methoxy groups -OCH3 is 2. The van der Waals surface area contributed by atoms with Gasteiger partial charge in [0.05, 0.1) is 26.8 Å². The number of amides is 3. The second-order valence-corrected chi connectivity index (χ2v) is 13.6. The second kappa shape index (κ2) is 14.7. The summed E-state index contributed by atoms with van der Waals surface area (Å²) in [5.41, 5.74) is 6.95. The number of H-pyrrole nitrogens is 1. The van der Waals surface area contributed by atoms with Gasteiger partial charge in [0.15, 0.2) is 0 Å². The van der Waals surface area contributed by atoms with Gasteiger partial charge in [-0.05, 0) is 71.7 Å². The quantitative estimate of drug-likeness (QED) is 0.178. The van der Waals surface area contributed by atoms with Gasteiger partial charge in [-0.1, -0.05) is 36.4 Å². The summed E-state index contributed by atoms with van der Waals surface area (Å²) in [5, 5.41) is 13.2. The predicted molar refractivity (Wildman–Crippen MR) is 198 cm³/mol. The summed E-state index contributed by atoms with van der Waals surface area (Å²) in [7, 11) is 4.98. The number of carbonyl (C=O) groups excluding carboxylic acids is 3. The highest BCUT2D eigenvalue weighted by Crippen LogP contribution is 2.38. The Kier molecular flexibility index (Phi) is 9.80. The number of piperidine rings is 2. The Morgan fingerprint density at radius 1 is 0.923 bits per heavy atom. The fourth-order valence-electron chi connectivity index (χ4n) is 7.31. The van der Waals surface area contributed by atoms with Gasteiger partial charge >= 0.3 is 0 Å². The summed E-state index contributed by atoms with van der Waals surface area (Å²) in [6.45, 7) is 1.41. The standard InChI is InChI=1S/C40H42N6O6/c1-45-23-32(31-22-41-44-38(31)40(45)50)28-20-34(51-2)30(35(21-28)52-3)18-24-4-6-25(7-5-24)19-37(48)46-16-14-27(15-17-46)26-8-10-29(11-9-26)42-33-12-13-36(47)43-39(33)49/h4-11,20-23,27,33,42H,12-19H2,1-3H3,(H,41,44)(H,43,47,49). The van der Waals surface area contributed by atoms with Crippen LogP contribution in [0, 0.1) is 0 Å². The fraction of sp³-hybridized carbons (Fsp3) is 0.325. The van der Waals surface area contributed by atoms with Gasteiger partial charge in [0.25, 0.3) is 5.56 Å². The first-order valence-corrected chi connectivity index (χ1v) is 17.5. The molecule has 1 unspecified atom stereocenters. The zero-order chi connectivity index (χ0) is 36.4. The summed E-state index contributed by atoms with van der Waals surface area (Å²) in [6.07, 6.45) is 6.96. The van der Waals surface area contributed by atoms with E-state index < -0.39 is 6.04 Å². The van der Waals surface area contributed by atoms with Gasteiger partial charge < -0.3 is 24.3 Å². The van der Waals surface area contributed by atoms with Gasteiger partial charge in [0.2, 0.25) is 17.7 Å². The first kappa shape index (κ1) is 34.5. The number of pyridine rings is 1. The molecule has 4 heterocycles. The summed E-state index contributed by atoms with van der Waals surface area (Å²) >= 11 is 0. The van der Waals surface area contributed by atoms with E-state index >= 15 is 0 Å². The maximum Gasteiger partial charge on any atom is 0.276 e. The lowest BCUT2D eigenvalue weighted by molar-refractivity contribution is -0.134. The highest BCUT2D eigenvalue weighted by molar-refractivity contribution is 6.01. The van der Waals surface area contributed by atoms with Crippen molar-refractivity contribution in [3.05, 3.63) is 106 Å². The van der Waals surface area contributed by atoms with E-state index in [0.29, 0.717) is 61.7 Å². The third kappa shape index (κ3) is 7.14. The van der Waals surface area contributed by atoms with Gasteiger partial charge in [-0.25, -0.2) is 0 Å². The number of carbonyl (C=O) groups is 3. The number of nitrogens with one attached hydrogen (secondary N) is 3. The Balaban J connectivity index is 0.953. The average molecular weight is 703 g/mol. The summed E-state index contributed by atoms with van der Waals surface area (Å²) in [4.78, 5) is 51.3. The zero-order valence-electron chi connectivity index (χ0n) is 29.5. The molecule has 0 saturated carbocycles. The van der Waals surface area contributed by atoms with Crippen molar-refractivity contribution in [2.24, 2.45) is 7.05 Å². The number of hydrogen-bond donors (Lipinski definition) is 3. The molecule has 2 saturated heterocycles. The Labute approximate surface area is 301 Å². The second-order valence-electron chi connectivity index (χ2n) is 13.6. The number of imide groups is 1. The molecule has 2 fully saturated rings. The molecule has 1 atom stereocenters. The van der Waals surface area contributed by atoms with E-state index in [-0.39, 0.29) is 23.3 Å². The number of nitrogens with zero attached hydrogens (tertiary/aromatic N) is 3. The number of aryl methyl sites for hydroxylation is 1. The lowest BCUT2D eigenvalue weighted by Crippen LogP contribution is -2.47. The van der Waals surface area contributed by atoms with Crippen molar-refractivity contribution < 1.29 is 23.9 Å². The fourth-order valence-corrected chi connectivity index (χ4v) is 7.31. The van der Waals surface area contributed by atoms with Crippen LogP contribution < -0.4 is 25.7 Å². The van der Waals surface area contributed by atoms with Gasteiger partial charge in [0, 0.05) is 61.4 Å². The number of ether oxygens (including phenoxy) is 2. The smallest absolute Gasteiger partial charge is 0.276 e. The number of fused-ring (bicyclic) bond motifs is 1. The van der Waals surface area contributed by atoms with Crippen LogP contribution in [0.5, 0.6) is 11.5 Å². The molecule has 268 valence electrons. The molecule has 5 aromatic rings. The number of aromatic amines is 1. The summed E-state index contributed by atoms with van der Waals surface area (Å²) in [5.74, 6) is 1.32. The maximum atomic E-state index is 13.3. The molecule has 3 aromatic carbocycles. The lowest BCUT2D eigenvalue weighted by Gasteiger charge is -2.32. The minimum atomic E-state index is -0.408. The molecule has 2 aliphatic rings. The molecule has 0 aliphatic carbocycles. The monoisotopic (exact) mass is 702 g/mol. The number of benzene rings is 3. The van der Waals surface area contributed by atoms with Crippen LogP contribution in [0.1, 0.15) is 53.9 Å². The van der Waals surface area contributed by atoms with Crippen molar-refractivity contribution >= 4 is 34.3 Å². The van der Waals surface area contributed by atoms with Crippen LogP contribution in [-0.4, -0.2) is 70.7 Å². The van der Waals surface area contributed by atoms with Crippen LogP contribution in [0.3, 0.4) is 0 Å². The number of hydrogen-bond acceptors (Lipinski definition) is 8. The average Bonchev–Trinajstić information content (AvgIpc) is 3.66. The molecule has 2 aromatic heterocycles. The van der Waals surface area contributed by atoms with Crippen molar-refractivity contribution in [1.82, 2.24) is 25.0 Å². The van der Waals surface area contributed by atoms with E-state index in [9.17, 15) is 19.2 Å². The SMILES string of the molecule is COc1cc(-c2cn(C)c(=O)c3[nH]ncc23)cc(OC)c1Cc1ccc(CC(=O)N2CCC(c3ccc(NC4CCC(=O)NC4=O)cc3)CC2)cc1. The Morgan fingerprint density at radius 2 is 1.60 bits per heavy atom. The van der Waals surface area contributed by atoms with E-state index in [1.165, 1.54) is 10.1 Å². The van der Waals surface area contributed by atoms with E-state index in [1.807, 2.05) is 53.4 Å². The third-order valence-corrected chi connectivity index (χ3v) is 10.3. The molecular weight excluding hydrogens is 660 g/mol. The topological polar surface area (TPSA) is 148 Å². The maximum absolute atomic E-state index is 13.3. The van der Waals surface area contributed by atoms with Crippen LogP contribution in [0.25, 0.3) is 22.0 Å². The lowest BCUT2D eigenvalue weighted by atomic mass is 9.89. The number of aromatic nitrogens is 3. The highest BCUT2D eigenvalue weighted by atomic mass is 16.5. The highest BCUT2D eigenvalue weighted by Gasteiger charge is 2.27. The minimum absolute atomic E-state index is 0.124. The Hall–Kier alpha value is -5.91. The molecule has 7 rings (SSSR count). The Morgan fingerprint density at radius 3 is 2.25 bits per heavy atom. The van der Waals surface area contributed by atoms with Crippen LogP contribution in [0.15, 0.2) is 77.9 Å². The molecule has 3 amide bonds. The molecular formula is C40H42N6O6. The van der Waals surface area contributed by atoms with Crippen molar-refractivity contribution in [2.45, 2.75) is 50.5 Å². The van der Waals surface area contributed by atoms with Crippen LogP contribution in [0.2, 0.25) is 0 Å². The van der Waals surface area contributed by atoms with Gasteiger partial charge in [0.1, 0.15) is 23.1 Å². The summed E-state index contributed by atoms with van der Waals surface area (Å²) in [6, 6.07) is 19.8. The van der Waals surface area contributed by atoms with Gasteiger partial charge in [-0.2, -0.15) is 5.10 Å². The van der Waals surface area contributed by atoms with Gasteiger partial charge in [-0.3, -0.25) is 29.6 Å². The summed E-state index contributed by atoms with van der Waals surface area (Å²) < 4.78 is 13.2. The van der Waals surface area contributed by atoms with Crippen molar-refractivity contribution in [3.63, 3.8) is 0 Å². The van der Waals surface area contributed by atoms with Crippen LogP contribution in [-0.2, 0) is 34.3 Å². The molecule has 12 nitrogen and oxygen atoms in total. The third-order valence-electron chi connectivity index (χ3n) is 10.3. The first-order chi connectivity index (χ1) is 25.2. The number of rotatable bonds is 10. The van der Waals surface area contributed by atoms with Gasteiger partial charge in [-0.15, -0.1) is 0 Å². The Bertz CT molecular complexity index is 2160. The van der Waals surface area contributed by atoms with E-state index in [2.05, 4.69) is 33.0 Å². The molecule has 0 spiro atoms. The van der Waals surface area contributed by atoms with E-state index in [1.54, 1.807) is 33.7 Å². The number of anilines is 1. The zero-order valence-corrected chi connectivity index (χ0v) is 29.5. The van der Waals surface area contributed by atoms with E-state index in [4.69, 9.17) is 9.47 Å². The molecule has 2 aliphatic heterocycles. The first-order valence-electron chi connectivity index (χ1n) is 17.5. The largest absolute Gasteiger partial charge is 0.496 e. The molecule has 0 bridgehead atoms. The van der Waals surface area contributed by atoms with E-state index in [0.717, 1.165) is 51.7 Å². The molecule has 12 heteroatoms. The van der Waals surface area contributed by atoms with Crippen LogP contribution >= 0.6 is 0 Å². The predicted octanol–water partition coefficient (Wildman–Crippen LogP) is 4.70. The van der Waals surface area contributed by atoms with Crippen molar-refractivity contribution in [1.29, 1.82) is 0 Å². The van der Waals surface area contributed by atoms with Crippen molar-refractivity contribution in [3.8, 4) is 22.6 Å². The molecule has 52 heavy (non-hydrogen) atoms.